The summed E-state index contributed by atoms with van der Waals surface area (Å²) in [7, 11) is 0. The largest absolute Gasteiger partial charge is 0.381 e. The van der Waals surface area contributed by atoms with Gasteiger partial charge in [0.15, 0.2) is 0 Å². The third kappa shape index (κ3) is 0.528. The first kappa shape index (κ1) is 5.69. The van der Waals surface area contributed by atoms with Gasteiger partial charge in [0.1, 0.15) is 0 Å². The molecule has 0 bridgehead atoms. The average molecular weight is 127 g/mol. The molecule has 1 saturated heterocycles. The van der Waals surface area contributed by atoms with E-state index in [0.717, 1.165) is 19.6 Å². The summed E-state index contributed by atoms with van der Waals surface area (Å²) in [6.45, 7) is 3.99. The highest BCUT2D eigenvalue weighted by atomic mass is 16.5. The SMILES string of the molecule is CCC1(N)C2COCC21. The molecule has 1 aliphatic heterocycles. The Morgan fingerprint density at radius 2 is 2.11 bits per heavy atom. The van der Waals surface area contributed by atoms with Crippen LogP contribution >= 0.6 is 0 Å². The molecule has 2 fully saturated rings. The molecular formula is C7H13NO. The number of rotatable bonds is 1. The summed E-state index contributed by atoms with van der Waals surface area (Å²) < 4.78 is 5.22. The summed E-state index contributed by atoms with van der Waals surface area (Å²) in [5.41, 5.74) is 6.19. The second-order valence-electron chi connectivity index (χ2n) is 3.22. The second kappa shape index (κ2) is 1.50. The van der Waals surface area contributed by atoms with E-state index in [1.807, 2.05) is 0 Å². The van der Waals surface area contributed by atoms with Crippen molar-refractivity contribution in [3.8, 4) is 0 Å². The normalized spacial score (nSPS) is 55.3. The van der Waals surface area contributed by atoms with Gasteiger partial charge in [-0.15, -0.1) is 0 Å². The standard InChI is InChI=1S/C7H13NO/c1-2-7(8)5-3-9-4-6(5)7/h5-6H,2-4,8H2,1H3. The van der Waals surface area contributed by atoms with Gasteiger partial charge in [-0.2, -0.15) is 0 Å². The van der Waals surface area contributed by atoms with Crippen LogP contribution in [0, 0.1) is 11.8 Å². The van der Waals surface area contributed by atoms with E-state index < -0.39 is 0 Å². The van der Waals surface area contributed by atoms with Gasteiger partial charge in [-0.25, -0.2) is 0 Å². The van der Waals surface area contributed by atoms with Crippen molar-refractivity contribution in [1.82, 2.24) is 0 Å². The van der Waals surface area contributed by atoms with Gasteiger partial charge < -0.3 is 10.5 Å². The van der Waals surface area contributed by atoms with Crippen molar-refractivity contribution >= 4 is 0 Å². The Kier molecular flexibility index (Phi) is 0.945. The van der Waals surface area contributed by atoms with Crippen LogP contribution in [-0.4, -0.2) is 18.8 Å². The number of hydrogen-bond acceptors (Lipinski definition) is 2. The minimum absolute atomic E-state index is 0.179. The van der Waals surface area contributed by atoms with Crippen LogP contribution in [0.5, 0.6) is 0 Å². The minimum atomic E-state index is 0.179. The highest BCUT2D eigenvalue weighted by Gasteiger charge is 2.63. The molecule has 0 aromatic carbocycles. The Morgan fingerprint density at radius 1 is 1.56 bits per heavy atom. The van der Waals surface area contributed by atoms with Gasteiger partial charge in [-0.05, 0) is 6.42 Å². The van der Waals surface area contributed by atoms with Crippen molar-refractivity contribution in [3.05, 3.63) is 0 Å². The third-order valence-electron chi connectivity index (χ3n) is 2.96. The molecule has 2 aliphatic rings. The van der Waals surface area contributed by atoms with E-state index in [1.165, 1.54) is 0 Å². The minimum Gasteiger partial charge on any atom is -0.381 e. The Bertz CT molecular complexity index is 125. The van der Waals surface area contributed by atoms with E-state index >= 15 is 0 Å². The molecule has 1 saturated carbocycles. The first-order chi connectivity index (χ1) is 4.29. The zero-order valence-electron chi connectivity index (χ0n) is 5.76. The summed E-state index contributed by atoms with van der Waals surface area (Å²) in [6.07, 6.45) is 1.12. The lowest BCUT2D eigenvalue weighted by molar-refractivity contribution is 0.143. The molecule has 1 aliphatic carbocycles. The first-order valence-electron chi connectivity index (χ1n) is 3.65. The van der Waals surface area contributed by atoms with Gasteiger partial charge in [0.05, 0.1) is 13.2 Å². The summed E-state index contributed by atoms with van der Waals surface area (Å²) in [4.78, 5) is 0. The molecule has 9 heavy (non-hydrogen) atoms. The van der Waals surface area contributed by atoms with Crippen LogP contribution in [0.4, 0.5) is 0 Å². The van der Waals surface area contributed by atoms with Crippen molar-refractivity contribution < 1.29 is 4.74 Å². The predicted molar refractivity (Wildman–Crippen MR) is 35.0 cm³/mol. The fourth-order valence-corrected chi connectivity index (χ4v) is 2.02. The van der Waals surface area contributed by atoms with Gasteiger partial charge in [0.2, 0.25) is 0 Å². The van der Waals surface area contributed by atoms with E-state index in [2.05, 4.69) is 6.92 Å². The second-order valence-corrected chi connectivity index (χ2v) is 3.22. The van der Waals surface area contributed by atoms with Gasteiger partial charge >= 0.3 is 0 Å². The van der Waals surface area contributed by atoms with Crippen molar-refractivity contribution in [1.29, 1.82) is 0 Å². The van der Waals surface area contributed by atoms with E-state index in [-0.39, 0.29) is 5.54 Å². The van der Waals surface area contributed by atoms with Crippen molar-refractivity contribution in [3.63, 3.8) is 0 Å². The molecular weight excluding hydrogens is 114 g/mol. The van der Waals surface area contributed by atoms with Crippen LogP contribution in [0.25, 0.3) is 0 Å². The zero-order valence-corrected chi connectivity index (χ0v) is 5.76. The van der Waals surface area contributed by atoms with Crippen LogP contribution < -0.4 is 5.73 Å². The van der Waals surface area contributed by atoms with Gasteiger partial charge in [0.25, 0.3) is 0 Å². The molecule has 2 rings (SSSR count). The zero-order chi connectivity index (χ0) is 6.48. The predicted octanol–water partition coefficient (Wildman–Crippen LogP) is 0.370. The maximum absolute atomic E-state index is 6.02. The highest BCUT2D eigenvalue weighted by molar-refractivity contribution is 5.17. The Labute approximate surface area is 55.4 Å². The quantitative estimate of drug-likeness (QED) is 0.552. The highest BCUT2D eigenvalue weighted by Crippen LogP contribution is 2.54. The molecule has 2 unspecified atom stereocenters. The number of hydrogen-bond donors (Lipinski definition) is 1. The molecule has 0 amide bonds. The van der Waals surface area contributed by atoms with E-state index in [0.29, 0.717) is 11.8 Å². The number of ether oxygens (including phenoxy) is 1. The molecule has 1 heterocycles. The van der Waals surface area contributed by atoms with E-state index in [1.54, 1.807) is 0 Å². The molecule has 0 spiro atoms. The monoisotopic (exact) mass is 127 g/mol. The third-order valence-corrected chi connectivity index (χ3v) is 2.96. The summed E-state index contributed by atoms with van der Waals surface area (Å²) >= 11 is 0. The van der Waals surface area contributed by atoms with Crippen molar-refractivity contribution in [2.24, 2.45) is 17.6 Å². The molecule has 0 aromatic rings. The molecule has 2 nitrogen and oxygen atoms in total. The number of fused-ring (bicyclic) bond motifs is 1. The molecule has 2 heteroatoms. The lowest BCUT2D eigenvalue weighted by Gasteiger charge is -2.11. The van der Waals surface area contributed by atoms with E-state index in [4.69, 9.17) is 10.5 Å². The molecule has 2 atom stereocenters. The first-order valence-corrected chi connectivity index (χ1v) is 3.65. The fraction of sp³-hybridized carbons (Fsp3) is 1.00. The Hall–Kier alpha value is -0.0800. The van der Waals surface area contributed by atoms with Crippen LogP contribution in [-0.2, 0) is 4.74 Å². The summed E-state index contributed by atoms with van der Waals surface area (Å²) in [6, 6.07) is 0. The molecule has 52 valence electrons. The lowest BCUT2D eigenvalue weighted by Crippen LogP contribution is -2.29. The van der Waals surface area contributed by atoms with Crippen LogP contribution in [0.3, 0.4) is 0 Å². The maximum atomic E-state index is 6.02. The maximum Gasteiger partial charge on any atom is 0.0516 e. The van der Waals surface area contributed by atoms with E-state index in [9.17, 15) is 0 Å². The van der Waals surface area contributed by atoms with Crippen LogP contribution in [0.15, 0.2) is 0 Å². The summed E-state index contributed by atoms with van der Waals surface area (Å²) in [5.74, 6) is 1.39. The van der Waals surface area contributed by atoms with Crippen molar-refractivity contribution in [2.75, 3.05) is 13.2 Å². The summed E-state index contributed by atoms with van der Waals surface area (Å²) in [5, 5.41) is 0. The molecule has 2 N–H and O–H groups in total. The number of nitrogens with two attached hydrogens (primary N) is 1. The fourth-order valence-electron chi connectivity index (χ4n) is 2.02. The topological polar surface area (TPSA) is 35.2 Å². The molecule has 0 radical (unpaired) electrons. The molecule has 0 aromatic heterocycles. The van der Waals surface area contributed by atoms with Gasteiger partial charge in [0, 0.05) is 17.4 Å². The van der Waals surface area contributed by atoms with Crippen LogP contribution in [0.1, 0.15) is 13.3 Å². The van der Waals surface area contributed by atoms with Gasteiger partial charge in [-0.3, -0.25) is 0 Å². The smallest absolute Gasteiger partial charge is 0.0516 e. The Morgan fingerprint density at radius 3 is 2.44 bits per heavy atom. The van der Waals surface area contributed by atoms with Crippen molar-refractivity contribution in [2.45, 2.75) is 18.9 Å². The van der Waals surface area contributed by atoms with Gasteiger partial charge in [-0.1, -0.05) is 6.92 Å². The Balaban J connectivity index is 2.07. The lowest BCUT2D eigenvalue weighted by atomic mass is 10.1. The van der Waals surface area contributed by atoms with Crippen LogP contribution in [0.2, 0.25) is 0 Å². The average Bonchev–Trinajstić information content (AvgIpc) is 2.39.